The summed E-state index contributed by atoms with van der Waals surface area (Å²) in [6, 6.07) is 4.42. The smallest absolute Gasteiger partial charge is 0.182 e. The Balaban J connectivity index is 2.77. The van der Waals surface area contributed by atoms with E-state index in [1.54, 1.807) is 0 Å². The third kappa shape index (κ3) is 2.15. The Morgan fingerprint density at radius 2 is 1.67 bits per heavy atom. The van der Waals surface area contributed by atoms with Crippen molar-refractivity contribution in [3.05, 3.63) is 45.5 Å². The third-order valence-corrected chi connectivity index (χ3v) is 3.56. The minimum Gasteiger partial charge on any atom is -0.337 e. The van der Waals surface area contributed by atoms with E-state index >= 15 is 0 Å². The largest absolute Gasteiger partial charge is 0.337 e. The molecular formula is C15H20N2S. The second-order valence-corrected chi connectivity index (χ2v) is 5.64. The molecule has 0 bridgehead atoms. The Morgan fingerprint density at radius 1 is 1.11 bits per heavy atom. The zero-order valence-corrected chi connectivity index (χ0v) is 12.5. The van der Waals surface area contributed by atoms with Crippen molar-refractivity contribution < 1.29 is 0 Å². The summed E-state index contributed by atoms with van der Waals surface area (Å²) in [5.74, 6) is 0.443. The molecule has 0 radical (unpaired) electrons. The number of imidazole rings is 1. The van der Waals surface area contributed by atoms with Crippen molar-refractivity contribution in [2.75, 3.05) is 0 Å². The van der Waals surface area contributed by atoms with E-state index in [1.807, 2.05) is 6.20 Å². The Kier molecular flexibility index (Phi) is 3.44. The average molecular weight is 260 g/mol. The van der Waals surface area contributed by atoms with Crippen molar-refractivity contribution in [1.29, 1.82) is 0 Å². The van der Waals surface area contributed by atoms with Crippen molar-refractivity contribution in [3.63, 3.8) is 0 Å². The van der Waals surface area contributed by atoms with E-state index in [0.717, 1.165) is 4.77 Å². The highest BCUT2D eigenvalue weighted by molar-refractivity contribution is 7.71. The molecule has 0 atom stereocenters. The molecule has 1 N–H and O–H groups in total. The first-order valence-electron chi connectivity index (χ1n) is 6.30. The van der Waals surface area contributed by atoms with E-state index in [9.17, 15) is 0 Å². The highest BCUT2D eigenvalue weighted by Crippen LogP contribution is 2.26. The van der Waals surface area contributed by atoms with Gasteiger partial charge in [0, 0.05) is 11.9 Å². The number of aryl methyl sites for hydroxylation is 3. The zero-order chi connectivity index (χ0) is 13.4. The number of hydrogen-bond acceptors (Lipinski definition) is 1. The lowest BCUT2D eigenvalue weighted by Gasteiger charge is -2.16. The van der Waals surface area contributed by atoms with E-state index in [-0.39, 0.29) is 0 Å². The molecule has 2 aromatic rings. The topological polar surface area (TPSA) is 20.7 Å². The van der Waals surface area contributed by atoms with E-state index in [4.69, 9.17) is 12.2 Å². The Bertz CT molecular complexity index is 609. The van der Waals surface area contributed by atoms with Gasteiger partial charge in [-0.2, -0.15) is 0 Å². The van der Waals surface area contributed by atoms with Gasteiger partial charge in [0.1, 0.15) is 0 Å². The number of H-pyrrole nitrogens is 1. The summed E-state index contributed by atoms with van der Waals surface area (Å²) in [5.41, 5.74) is 6.28. The van der Waals surface area contributed by atoms with E-state index in [2.05, 4.69) is 56.3 Å². The summed E-state index contributed by atoms with van der Waals surface area (Å²) in [7, 11) is 0. The molecular weight excluding hydrogens is 240 g/mol. The number of aromatic amines is 1. The molecule has 0 aliphatic carbocycles. The molecule has 0 saturated heterocycles. The van der Waals surface area contributed by atoms with Crippen molar-refractivity contribution in [1.82, 2.24) is 9.55 Å². The van der Waals surface area contributed by atoms with Gasteiger partial charge in [-0.15, -0.1) is 0 Å². The van der Waals surface area contributed by atoms with Crippen LogP contribution in [0.3, 0.4) is 0 Å². The predicted molar refractivity (Wildman–Crippen MR) is 79.3 cm³/mol. The summed E-state index contributed by atoms with van der Waals surface area (Å²) in [6.45, 7) is 10.8. The summed E-state index contributed by atoms with van der Waals surface area (Å²) >= 11 is 5.43. The molecule has 2 nitrogen and oxygen atoms in total. The summed E-state index contributed by atoms with van der Waals surface area (Å²) in [4.78, 5) is 3.16. The van der Waals surface area contributed by atoms with Gasteiger partial charge in [-0.3, -0.25) is 4.57 Å². The quantitative estimate of drug-likeness (QED) is 0.784. The van der Waals surface area contributed by atoms with Crippen LogP contribution in [0.25, 0.3) is 5.69 Å². The second kappa shape index (κ2) is 4.73. The molecule has 96 valence electrons. The molecule has 0 spiro atoms. The number of rotatable bonds is 2. The van der Waals surface area contributed by atoms with Crippen LogP contribution < -0.4 is 0 Å². The van der Waals surface area contributed by atoms with Crippen LogP contribution in [0.4, 0.5) is 0 Å². The fourth-order valence-corrected chi connectivity index (χ4v) is 2.82. The minimum atomic E-state index is 0.443. The van der Waals surface area contributed by atoms with E-state index < -0.39 is 0 Å². The molecule has 0 fully saturated rings. The van der Waals surface area contributed by atoms with Crippen LogP contribution in [-0.2, 0) is 0 Å². The molecule has 0 unspecified atom stereocenters. The Labute approximate surface area is 114 Å². The Morgan fingerprint density at radius 3 is 2.17 bits per heavy atom. The van der Waals surface area contributed by atoms with Crippen LogP contribution in [0.2, 0.25) is 0 Å². The van der Waals surface area contributed by atoms with Crippen LogP contribution in [0.1, 0.15) is 42.1 Å². The zero-order valence-electron chi connectivity index (χ0n) is 11.7. The van der Waals surface area contributed by atoms with Crippen LogP contribution in [0, 0.1) is 25.5 Å². The van der Waals surface area contributed by atoms with Crippen molar-refractivity contribution >= 4 is 12.2 Å². The standard InChI is InChI=1S/C15H20N2S/c1-9(2)13-8-16-15(18)17(13)14-11(4)6-10(3)7-12(14)5/h6-9H,1-5H3,(H,16,18). The maximum atomic E-state index is 5.43. The Hall–Kier alpha value is -1.35. The number of benzene rings is 1. The average Bonchev–Trinajstić information content (AvgIpc) is 2.59. The second-order valence-electron chi connectivity index (χ2n) is 5.26. The summed E-state index contributed by atoms with van der Waals surface area (Å²) in [6.07, 6.45) is 2.02. The van der Waals surface area contributed by atoms with Crippen molar-refractivity contribution in [2.45, 2.75) is 40.5 Å². The van der Waals surface area contributed by atoms with Crippen LogP contribution in [0.5, 0.6) is 0 Å². The van der Waals surface area contributed by atoms with Crippen LogP contribution in [-0.4, -0.2) is 9.55 Å². The SMILES string of the molecule is Cc1cc(C)c(-n2c(C(C)C)c[nH]c2=S)c(C)c1. The molecule has 0 saturated carbocycles. The molecule has 0 amide bonds. The summed E-state index contributed by atoms with van der Waals surface area (Å²) in [5, 5.41) is 0. The van der Waals surface area contributed by atoms with E-state index in [1.165, 1.54) is 28.1 Å². The van der Waals surface area contributed by atoms with Crippen LogP contribution in [0.15, 0.2) is 18.3 Å². The van der Waals surface area contributed by atoms with Gasteiger partial charge in [0.25, 0.3) is 0 Å². The van der Waals surface area contributed by atoms with Gasteiger partial charge in [0.2, 0.25) is 0 Å². The van der Waals surface area contributed by atoms with Crippen molar-refractivity contribution in [2.24, 2.45) is 0 Å². The monoisotopic (exact) mass is 260 g/mol. The van der Waals surface area contributed by atoms with Gasteiger partial charge >= 0.3 is 0 Å². The molecule has 3 heteroatoms. The van der Waals surface area contributed by atoms with Crippen LogP contribution >= 0.6 is 12.2 Å². The van der Waals surface area contributed by atoms with Gasteiger partial charge in [-0.05, 0) is 50.0 Å². The van der Waals surface area contributed by atoms with E-state index in [0.29, 0.717) is 5.92 Å². The molecule has 0 aliphatic heterocycles. The number of nitrogens with zero attached hydrogens (tertiary/aromatic N) is 1. The first-order valence-corrected chi connectivity index (χ1v) is 6.71. The molecule has 2 rings (SSSR count). The first kappa shape index (κ1) is 13.1. The number of aromatic nitrogens is 2. The predicted octanol–water partition coefficient (Wildman–Crippen LogP) is 4.58. The van der Waals surface area contributed by atoms with Gasteiger partial charge in [-0.1, -0.05) is 31.5 Å². The van der Waals surface area contributed by atoms with Gasteiger partial charge in [0.15, 0.2) is 4.77 Å². The molecule has 0 aliphatic rings. The molecule has 1 aromatic heterocycles. The fourth-order valence-electron chi connectivity index (χ4n) is 2.56. The summed E-state index contributed by atoms with van der Waals surface area (Å²) < 4.78 is 2.94. The van der Waals surface area contributed by atoms with Gasteiger partial charge in [0.05, 0.1) is 5.69 Å². The number of hydrogen-bond donors (Lipinski definition) is 1. The minimum absolute atomic E-state index is 0.443. The van der Waals surface area contributed by atoms with Crippen molar-refractivity contribution in [3.8, 4) is 5.69 Å². The lowest BCUT2D eigenvalue weighted by atomic mass is 10.0. The number of nitrogens with one attached hydrogen (secondary N) is 1. The highest BCUT2D eigenvalue weighted by atomic mass is 32.1. The highest BCUT2D eigenvalue weighted by Gasteiger charge is 2.13. The van der Waals surface area contributed by atoms with Gasteiger partial charge < -0.3 is 4.98 Å². The normalized spacial score (nSPS) is 11.2. The molecule has 1 heterocycles. The first-order chi connectivity index (χ1) is 8.41. The van der Waals surface area contributed by atoms with Gasteiger partial charge in [-0.25, -0.2) is 0 Å². The molecule has 18 heavy (non-hydrogen) atoms. The fraction of sp³-hybridized carbons (Fsp3) is 0.400. The maximum absolute atomic E-state index is 5.43. The third-order valence-electron chi connectivity index (χ3n) is 3.26. The molecule has 1 aromatic carbocycles. The lowest BCUT2D eigenvalue weighted by Crippen LogP contribution is -2.06. The lowest BCUT2D eigenvalue weighted by molar-refractivity contribution is 0.779. The maximum Gasteiger partial charge on any atom is 0.182 e.